The minimum absolute atomic E-state index is 0.332. The van der Waals surface area contributed by atoms with Crippen LogP contribution in [0.1, 0.15) is 52.4 Å². The molecule has 0 aromatic carbocycles. The summed E-state index contributed by atoms with van der Waals surface area (Å²) in [7, 11) is 0. The Morgan fingerprint density at radius 2 is 2.21 bits per heavy atom. The van der Waals surface area contributed by atoms with Crippen LogP contribution in [0.5, 0.6) is 0 Å². The number of carbonyl (C=O) groups excluding carboxylic acids is 1. The maximum Gasteiger partial charge on any atom is 0.129 e. The third-order valence-electron chi connectivity index (χ3n) is 3.19. The van der Waals surface area contributed by atoms with Gasteiger partial charge in [0.2, 0.25) is 0 Å². The quantitative estimate of drug-likeness (QED) is 0.610. The first-order chi connectivity index (χ1) is 6.74. The molecule has 1 saturated heterocycles. The Labute approximate surface area is 87.7 Å². The molecule has 0 radical (unpaired) electrons. The average molecular weight is 197 g/mol. The zero-order chi connectivity index (χ0) is 10.4. The van der Waals surface area contributed by atoms with Crippen molar-refractivity contribution in [2.45, 2.75) is 58.4 Å². The van der Waals surface area contributed by atoms with E-state index in [4.69, 9.17) is 0 Å². The highest BCUT2D eigenvalue weighted by molar-refractivity contribution is 5.75. The van der Waals surface area contributed by atoms with E-state index in [1.807, 2.05) is 0 Å². The minimum Gasteiger partial charge on any atom is -0.300 e. The fourth-order valence-electron chi connectivity index (χ4n) is 2.34. The van der Waals surface area contributed by atoms with Gasteiger partial charge in [0.1, 0.15) is 5.78 Å². The highest BCUT2D eigenvalue weighted by Gasteiger charge is 2.21. The van der Waals surface area contributed by atoms with E-state index >= 15 is 0 Å². The Balaban J connectivity index is 2.08. The van der Waals surface area contributed by atoms with Gasteiger partial charge in [-0.15, -0.1) is 0 Å². The van der Waals surface area contributed by atoms with E-state index < -0.39 is 0 Å². The normalized spacial score (nSPS) is 22.9. The molecule has 1 atom stereocenters. The molecule has 0 bridgehead atoms. The summed E-state index contributed by atoms with van der Waals surface area (Å²) in [4.78, 5) is 13.3. The number of ketones is 1. The van der Waals surface area contributed by atoms with Gasteiger partial charge in [0, 0.05) is 12.5 Å². The summed E-state index contributed by atoms with van der Waals surface area (Å²) >= 11 is 0. The summed E-state index contributed by atoms with van der Waals surface area (Å²) in [6.07, 6.45) is 7.06. The molecule has 1 rings (SSSR count). The zero-order valence-electron chi connectivity index (χ0n) is 9.59. The first-order valence-corrected chi connectivity index (χ1v) is 5.97. The van der Waals surface area contributed by atoms with E-state index in [0.717, 1.165) is 18.9 Å². The molecule has 1 unspecified atom stereocenters. The lowest BCUT2D eigenvalue weighted by molar-refractivity contribution is -0.117. The number of nitrogens with zero attached hydrogens (tertiary/aromatic N) is 1. The predicted octanol–water partition coefficient (Wildman–Crippen LogP) is 2.62. The summed E-state index contributed by atoms with van der Waals surface area (Å²) in [5.41, 5.74) is 0. The molecule has 0 N–H and O–H groups in total. The van der Waals surface area contributed by atoms with E-state index in [0.29, 0.717) is 5.78 Å². The molecule has 0 spiro atoms. The fraction of sp³-hybridized carbons (Fsp3) is 0.917. The van der Waals surface area contributed by atoms with Crippen LogP contribution in [-0.2, 0) is 4.79 Å². The summed E-state index contributed by atoms with van der Waals surface area (Å²) in [5.74, 6) is 0.332. The zero-order valence-corrected chi connectivity index (χ0v) is 9.59. The van der Waals surface area contributed by atoms with Gasteiger partial charge in [-0.05, 0) is 52.1 Å². The SMILES string of the molecule is CCC1CCCN1CCCCC(C)=O. The maximum atomic E-state index is 10.7. The molecule has 2 nitrogen and oxygen atoms in total. The van der Waals surface area contributed by atoms with E-state index in [1.54, 1.807) is 6.92 Å². The maximum absolute atomic E-state index is 10.7. The molecule has 0 aliphatic carbocycles. The van der Waals surface area contributed by atoms with E-state index in [1.165, 1.54) is 38.8 Å². The third-order valence-corrected chi connectivity index (χ3v) is 3.19. The van der Waals surface area contributed by atoms with Crippen LogP contribution in [0.4, 0.5) is 0 Å². The Morgan fingerprint density at radius 1 is 1.43 bits per heavy atom. The number of rotatable bonds is 6. The number of Topliss-reactive ketones (excluding diaryl/α,β-unsaturated/α-hetero) is 1. The fourth-order valence-corrected chi connectivity index (χ4v) is 2.34. The molecule has 1 fully saturated rings. The molecule has 82 valence electrons. The molecule has 0 aromatic rings. The summed E-state index contributed by atoms with van der Waals surface area (Å²) < 4.78 is 0. The van der Waals surface area contributed by atoms with Crippen molar-refractivity contribution < 1.29 is 4.79 Å². The second-order valence-electron chi connectivity index (χ2n) is 4.40. The van der Waals surface area contributed by atoms with Gasteiger partial charge in [-0.2, -0.15) is 0 Å². The van der Waals surface area contributed by atoms with Crippen LogP contribution >= 0.6 is 0 Å². The lowest BCUT2D eigenvalue weighted by Gasteiger charge is -2.22. The Hall–Kier alpha value is -0.370. The van der Waals surface area contributed by atoms with Crippen molar-refractivity contribution >= 4 is 5.78 Å². The first kappa shape index (κ1) is 11.7. The molecular formula is C12H23NO. The van der Waals surface area contributed by atoms with E-state index in [2.05, 4.69) is 11.8 Å². The second kappa shape index (κ2) is 6.18. The van der Waals surface area contributed by atoms with Crippen LogP contribution in [0.2, 0.25) is 0 Å². The highest BCUT2D eigenvalue weighted by Crippen LogP contribution is 2.20. The predicted molar refractivity (Wildman–Crippen MR) is 59.4 cm³/mol. The van der Waals surface area contributed by atoms with Gasteiger partial charge >= 0.3 is 0 Å². The first-order valence-electron chi connectivity index (χ1n) is 5.97. The van der Waals surface area contributed by atoms with Gasteiger partial charge in [0.15, 0.2) is 0 Å². The molecule has 1 heterocycles. The lowest BCUT2D eigenvalue weighted by atomic mass is 10.1. The number of hydrogen-bond acceptors (Lipinski definition) is 2. The Morgan fingerprint density at radius 3 is 2.86 bits per heavy atom. The highest BCUT2D eigenvalue weighted by atomic mass is 16.1. The topological polar surface area (TPSA) is 20.3 Å². The molecule has 2 heteroatoms. The standard InChI is InChI=1S/C12H23NO/c1-3-12-8-6-10-13(12)9-5-4-7-11(2)14/h12H,3-10H2,1-2H3. The number of likely N-dealkylation sites (tertiary alicyclic amines) is 1. The number of unbranched alkanes of at least 4 members (excludes halogenated alkanes) is 1. The Bertz CT molecular complexity index is 179. The van der Waals surface area contributed by atoms with Crippen molar-refractivity contribution in [2.75, 3.05) is 13.1 Å². The van der Waals surface area contributed by atoms with Crippen LogP contribution in [0.3, 0.4) is 0 Å². The van der Waals surface area contributed by atoms with E-state index in [-0.39, 0.29) is 0 Å². The molecule has 1 aliphatic heterocycles. The van der Waals surface area contributed by atoms with E-state index in [9.17, 15) is 4.79 Å². The van der Waals surface area contributed by atoms with Crippen LogP contribution in [0, 0.1) is 0 Å². The van der Waals surface area contributed by atoms with Crippen molar-refractivity contribution in [3.8, 4) is 0 Å². The molecule has 1 aliphatic rings. The van der Waals surface area contributed by atoms with Crippen LogP contribution in [0.15, 0.2) is 0 Å². The molecule has 0 aromatic heterocycles. The van der Waals surface area contributed by atoms with Crippen LogP contribution < -0.4 is 0 Å². The van der Waals surface area contributed by atoms with Crippen LogP contribution in [-0.4, -0.2) is 29.8 Å². The van der Waals surface area contributed by atoms with Gasteiger partial charge in [-0.25, -0.2) is 0 Å². The van der Waals surface area contributed by atoms with Crippen LogP contribution in [0.25, 0.3) is 0 Å². The van der Waals surface area contributed by atoms with Crippen molar-refractivity contribution in [2.24, 2.45) is 0 Å². The summed E-state index contributed by atoms with van der Waals surface area (Å²) in [6.45, 7) is 6.44. The smallest absolute Gasteiger partial charge is 0.129 e. The van der Waals surface area contributed by atoms with Gasteiger partial charge in [-0.3, -0.25) is 0 Å². The van der Waals surface area contributed by atoms with Crippen molar-refractivity contribution in [1.29, 1.82) is 0 Å². The molecule has 0 amide bonds. The summed E-state index contributed by atoms with van der Waals surface area (Å²) in [6, 6.07) is 0.826. The average Bonchev–Trinajstić information content (AvgIpc) is 2.59. The van der Waals surface area contributed by atoms with Crippen molar-refractivity contribution in [3.63, 3.8) is 0 Å². The third kappa shape index (κ3) is 3.79. The van der Waals surface area contributed by atoms with Crippen molar-refractivity contribution in [1.82, 2.24) is 4.90 Å². The largest absolute Gasteiger partial charge is 0.300 e. The molecule has 14 heavy (non-hydrogen) atoms. The number of carbonyl (C=O) groups is 1. The molecular weight excluding hydrogens is 174 g/mol. The van der Waals surface area contributed by atoms with Gasteiger partial charge in [0.05, 0.1) is 0 Å². The molecule has 0 saturated carbocycles. The number of hydrogen-bond donors (Lipinski definition) is 0. The van der Waals surface area contributed by atoms with Gasteiger partial charge < -0.3 is 9.69 Å². The second-order valence-corrected chi connectivity index (χ2v) is 4.40. The van der Waals surface area contributed by atoms with Crippen molar-refractivity contribution in [3.05, 3.63) is 0 Å². The minimum atomic E-state index is 0.332. The monoisotopic (exact) mass is 197 g/mol. The summed E-state index contributed by atoms with van der Waals surface area (Å²) in [5, 5.41) is 0. The van der Waals surface area contributed by atoms with Gasteiger partial charge in [-0.1, -0.05) is 6.92 Å². The Kier molecular flexibility index (Phi) is 5.16. The lowest BCUT2D eigenvalue weighted by Crippen LogP contribution is -2.29. The van der Waals surface area contributed by atoms with Gasteiger partial charge in [0.25, 0.3) is 0 Å².